The summed E-state index contributed by atoms with van der Waals surface area (Å²) in [7, 11) is 0. The number of nitrogens with one attached hydrogen (secondary N) is 1. The minimum Gasteiger partial charge on any atom is -0.340 e. The third-order valence-corrected chi connectivity index (χ3v) is 6.11. The van der Waals surface area contributed by atoms with Gasteiger partial charge in [-0.1, -0.05) is 38.1 Å². The van der Waals surface area contributed by atoms with Crippen molar-refractivity contribution in [3.63, 3.8) is 0 Å². The molecular formula is C25H30N4O5. The molecular weight excluding hydrogens is 436 g/mol. The first kappa shape index (κ1) is 24.9. The highest BCUT2D eigenvalue weighted by Crippen LogP contribution is 2.20. The zero-order valence-corrected chi connectivity index (χ0v) is 19.9. The first-order chi connectivity index (χ1) is 16.1. The Morgan fingerprint density at radius 2 is 1.74 bits per heavy atom. The number of hydrogen-bond donors (Lipinski definition) is 1. The lowest BCUT2D eigenvalue weighted by molar-refractivity contribution is -0.385. The van der Waals surface area contributed by atoms with Gasteiger partial charge in [0, 0.05) is 48.4 Å². The summed E-state index contributed by atoms with van der Waals surface area (Å²) in [6.45, 7) is 8.27. The highest BCUT2D eigenvalue weighted by atomic mass is 16.6. The van der Waals surface area contributed by atoms with E-state index in [0.717, 1.165) is 0 Å². The van der Waals surface area contributed by atoms with E-state index < -0.39 is 16.9 Å². The zero-order valence-electron chi connectivity index (χ0n) is 19.9. The zero-order chi connectivity index (χ0) is 25.0. The molecule has 0 bridgehead atoms. The highest BCUT2D eigenvalue weighted by Gasteiger charge is 2.35. The van der Waals surface area contributed by atoms with Crippen molar-refractivity contribution in [3.8, 4) is 0 Å². The smallest absolute Gasteiger partial charge is 0.273 e. The Hall–Kier alpha value is -3.75. The number of nitro benzene ring substituents is 1. The lowest BCUT2D eigenvalue weighted by Gasteiger charge is -2.41. The Morgan fingerprint density at radius 3 is 2.32 bits per heavy atom. The molecule has 3 amide bonds. The topological polar surface area (TPSA) is 113 Å². The summed E-state index contributed by atoms with van der Waals surface area (Å²) in [4.78, 5) is 53.1. The number of carbonyl (C=O) groups is 3. The largest absolute Gasteiger partial charge is 0.340 e. The van der Waals surface area contributed by atoms with Crippen LogP contribution in [0.2, 0.25) is 0 Å². The van der Waals surface area contributed by atoms with Gasteiger partial charge >= 0.3 is 0 Å². The summed E-state index contributed by atoms with van der Waals surface area (Å²) in [6, 6.07) is 12.3. The Bertz CT molecular complexity index is 1090. The average molecular weight is 467 g/mol. The molecule has 1 aliphatic heterocycles. The van der Waals surface area contributed by atoms with Crippen LogP contribution in [0.1, 0.15) is 47.1 Å². The SMILES string of the molecule is Cc1ccc(C(=O)NC(C(=O)N2CCN(C(=O)c3ccccc3)C(C)C2)C(C)C)cc1[N+](=O)[O-]. The summed E-state index contributed by atoms with van der Waals surface area (Å²) >= 11 is 0. The number of hydrogen-bond acceptors (Lipinski definition) is 5. The van der Waals surface area contributed by atoms with Crippen molar-refractivity contribution in [2.45, 2.75) is 39.8 Å². The van der Waals surface area contributed by atoms with Crippen molar-refractivity contribution in [1.82, 2.24) is 15.1 Å². The lowest BCUT2D eigenvalue weighted by atomic mass is 10.0. The average Bonchev–Trinajstić information content (AvgIpc) is 2.81. The maximum Gasteiger partial charge on any atom is 0.273 e. The second kappa shape index (κ2) is 10.5. The van der Waals surface area contributed by atoms with E-state index in [9.17, 15) is 24.5 Å². The molecule has 2 aromatic carbocycles. The number of aryl methyl sites for hydroxylation is 1. The van der Waals surface area contributed by atoms with E-state index in [2.05, 4.69) is 5.32 Å². The Balaban J connectivity index is 1.69. The predicted molar refractivity (Wildman–Crippen MR) is 127 cm³/mol. The van der Waals surface area contributed by atoms with Crippen LogP contribution in [0.3, 0.4) is 0 Å². The molecule has 0 spiro atoms. The Morgan fingerprint density at radius 1 is 1.06 bits per heavy atom. The molecule has 9 heteroatoms. The monoisotopic (exact) mass is 466 g/mol. The highest BCUT2D eigenvalue weighted by molar-refractivity contribution is 5.98. The van der Waals surface area contributed by atoms with Gasteiger partial charge in [0.2, 0.25) is 5.91 Å². The number of benzene rings is 2. The number of nitro groups is 1. The van der Waals surface area contributed by atoms with E-state index >= 15 is 0 Å². The van der Waals surface area contributed by atoms with Gasteiger partial charge in [-0.2, -0.15) is 0 Å². The second-order valence-corrected chi connectivity index (χ2v) is 8.95. The van der Waals surface area contributed by atoms with Crippen molar-refractivity contribution in [1.29, 1.82) is 0 Å². The molecule has 1 saturated heterocycles. The molecule has 1 heterocycles. The lowest BCUT2D eigenvalue weighted by Crippen LogP contribution is -2.59. The van der Waals surface area contributed by atoms with Gasteiger partial charge in [0.25, 0.3) is 17.5 Å². The van der Waals surface area contributed by atoms with Crippen molar-refractivity contribution in [3.05, 3.63) is 75.3 Å². The molecule has 2 atom stereocenters. The maximum absolute atomic E-state index is 13.3. The van der Waals surface area contributed by atoms with E-state index in [-0.39, 0.29) is 35.0 Å². The molecule has 0 aromatic heterocycles. The molecule has 0 aliphatic carbocycles. The predicted octanol–water partition coefficient (Wildman–Crippen LogP) is 3.03. The Kier molecular flexibility index (Phi) is 7.65. The van der Waals surface area contributed by atoms with Gasteiger partial charge in [-0.05, 0) is 38.0 Å². The van der Waals surface area contributed by atoms with Crippen LogP contribution in [0.15, 0.2) is 48.5 Å². The van der Waals surface area contributed by atoms with Crippen LogP contribution in [0.5, 0.6) is 0 Å². The Labute approximate surface area is 198 Å². The van der Waals surface area contributed by atoms with Crippen LogP contribution >= 0.6 is 0 Å². The summed E-state index contributed by atoms with van der Waals surface area (Å²) in [5.41, 5.74) is 1.04. The number of carbonyl (C=O) groups excluding carboxylic acids is 3. The molecule has 180 valence electrons. The summed E-state index contributed by atoms with van der Waals surface area (Å²) in [5.74, 6) is -1.05. The van der Waals surface area contributed by atoms with Gasteiger partial charge in [0.1, 0.15) is 6.04 Å². The minimum absolute atomic E-state index is 0.0742. The summed E-state index contributed by atoms with van der Waals surface area (Å²) < 4.78 is 0. The van der Waals surface area contributed by atoms with Gasteiger partial charge in [0.15, 0.2) is 0 Å². The molecule has 0 saturated carbocycles. The van der Waals surface area contributed by atoms with Gasteiger partial charge in [-0.3, -0.25) is 24.5 Å². The van der Waals surface area contributed by atoms with Crippen molar-refractivity contribution < 1.29 is 19.3 Å². The van der Waals surface area contributed by atoms with Gasteiger partial charge in [-0.25, -0.2) is 0 Å². The number of piperazine rings is 1. The van der Waals surface area contributed by atoms with Crippen LogP contribution in [0.25, 0.3) is 0 Å². The molecule has 1 aliphatic rings. The molecule has 34 heavy (non-hydrogen) atoms. The normalized spacial score (nSPS) is 16.8. The quantitative estimate of drug-likeness (QED) is 0.519. The van der Waals surface area contributed by atoms with E-state index in [1.165, 1.54) is 18.2 Å². The van der Waals surface area contributed by atoms with Crippen LogP contribution in [-0.2, 0) is 4.79 Å². The third kappa shape index (κ3) is 5.41. The standard InChI is InChI=1S/C25H30N4O5/c1-16(2)22(26-23(30)20-11-10-17(3)21(14-20)29(33)34)25(32)27-12-13-28(18(4)15-27)24(31)19-8-6-5-7-9-19/h5-11,14,16,18,22H,12-13,15H2,1-4H3,(H,26,30). The van der Waals surface area contributed by atoms with E-state index in [1.807, 2.05) is 39.0 Å². The second-order valence-electron chi connectivity index (χ2n) is 8.95. The van der Waals surface area contributed by atoms with E-state index in [1.54, 1.807) is 28.9 Å². The van der Waals surface area contributed by atoms with Gasteiger partial charge in [-0.15, -0.1) is 0 Å². The van der Waals surface area contributed by atoms with Gasteiger partial charge < -0.3 is 15.1 Å². The molecule has 1 N–H and O–H groups in total. The van der Waals surface area contributed by atoms with Crippen molar-refractivity contribution in [2.75, 3.05) is 19.6 Å². The fourth-order valence-electron chi connectivity index (χ4n) is 4.09. The number of rotatable bonds is 6. The first-order valence-electron chi connectivity index (χ1n) is 11.3. The van der Waals surface area contributed by atoms with Crippen molar-refractivity contribution in [2.24, 2.45) is 5.92 Å². The first-order valence-corrected chi connectivity index (χ1v) is 11.3. The molecule has 2 unspecified atom stereocenters. The molecule has 2 aromatic rings. The fraction of sp³-hybridized carbons (Fsp3) is 0.400. The summed E-state index contributed by atoms with van der Waals surface area (Å²) in [6.07, 6.45) is 0. The number of amides is 3. The third-order valence-electron chi connectivity index (χ3n) is 6.11. The van der Waals surface area contributed by atoms with E-state index in [4.69, 9.17) is 0 Å². The maximum atomic E-state index is 13.3. The molecule has 3 rings (SSSR count). The van der Waals surface area contributed by atoms with Gasteiger partial charge in [0.05, 0.1) is 4.92 Å². The van der Waals surface area contributed by atoms with Crippen LogP contribution < -0.4 is 5.32 Å². The fourth-order valence-corrected chi connectivity index (χ4v) is 4.09. The van der Waals surface area contributed by atoms with Crippen molar-refractivity contribution >= 4 is 23.4 Å². The molecule has 9 nitrogen and oxygen atoms in total. The summed E-state index contributed by atoms with van der Waals surface area (Å²) in [5, 5.41) is 14.0. The van der Waals surface area contributed by atoms with E-state index in [0.29, 0.717) is 30.8 Å². The molecule has 0 radical (unpaired) electrons. The van der Waals surface area contributed by atoms with Crippen LogP contribution in [0, 0.1) is 23.0 Å². The molecule has 1 fully saturated rings. The van der Waals surface area contributed by atoms with Crippen LogP contribution in [-0.4, -0.2) is 64.2 Å². The minimum atomic E-state index is -0.795. The van der Waals surface area contributed by atoms with Crippen LogP contribution in [0.4, 0.5) is 5.69 Å². The number of nitrogens with zero attached hydrogens (tertiary/aromatic N) is 3.